The second-order valence-corrected chi connectivity index (χ2v) is 3.04. The van der Waals surface area contributed by atoms with Crippen molar-refractivity contribution in [3.8, 4) is 0 Å². The molecule has 0 heterocycles. The summed E-state index contributed by atoms with van der Waals surface area (Å²) in [5.41, 5.74) is 0. The number of halogens is 2. The number of alkyl halides is 2. The molecule has 0 fully saturated rings. The Morgan fingerprint density at radius 2 is 1.80 bits per heavy atom. The molecule has 0 spiro atoms. The van der Waals surface area contributed by atoms with Gasteiger partial charge >= 0.3 is 0 Å². The summed E-state index contributed by atoms with van der Waals surface area (Å²) in [5.74, 6) is -1.29. The monoisotopic (exact) mass is 183 g/mol. The van der Waals surface area contributed by atoms with Crippen LogP contribution in [-0.2, 0) is 9.59 Å². The second kappa shape index (κ2) is 3.21. The van der Waals surface area contributed by atoms with E-state index < -0.39 is 16.0 Å². The van der Waals surface area contributed by atoms with Crippen molar-refractivity contribution in [3.63, 3.8) is 0 Å². The highest BCUT2D eigenvalue weighted by atomic mass is 35.5. The normalized spacial score (nSPS) is 10.8. The average Bonchev–Trinajstić information content (AvgIpc) is 1.86. The fourth-order valence-electron chi connectivity index (χ4n) is 0.317. The highest BCUT2D eigenvalue weighted by Gasteiger charge is 2.38. The van der Waals surface area contributed by atoms with Crippen LogP contribution in [0.3, 0.4) is 0 Å². The zero-order valence-corrected chi connectivity index (χ0v) is 7.08. The van der Waals surface area contributed by atoms with Gasteiger partial charge in [0.05, 0.1) is 0 Å². The van der Waals surface area contributed by atoms with Gasteiger partial charge in [-0.3, -0.25) is 9.59 Å². The van der Waals surface area contributed by atoms with Crippen LogP contribution in [0, 0.1) is 0 Å². The number of carbonyl (C=O) groups is 2. The first-order valence-electron chi connectivity index (χ1n) is 2.54. The Kier molecular flexibility index (Phi) is 3.12. The lowest BCUT2D eigenvalue weighted by Crippen LogP contribution is -2.41. The van der Waals surface area contributed by atoms with Crippen molar-refractivity contribution in [2.24, 2.45) is 0 Å². The molecular formula is C5H7Cl2NO2. The number of hydrogen-bond donors (Lipinski definition) is 1. The summed E-state index contributed by atoms with van der Waals surface area (Å²) >= 11 is 10.7. The van der Waals surface area contributed by atoms with Gasteiger partial charge in [0.25, 0.3) is 10.2 Å². The highest BCUT2D eigenvalue weighted by Crippen LogP contribution is 2.21. The van der Waals surface area contributed by atoms with Crippen LogP contribution >= 0.6 is 23.2 Å². The van der Waals surface area contributed by atoms with E-state index in [4.69, 9.17) is 23.2 Å². The van der Waals surface area contributed by atoms with E-state index in [0.29, 0.717) is 0 Å². The largest absolute Gasteiger partial charge is 0.356 e. The van der Waals surface area contributed by atoms with Gasteiger partial charge in [-0.25, -0.2) is 0 Å². The summed E-state index contributed by atoms with van der Waals surface area (Å²) in [6.07, 6.45) is 0. The van der Waals surface area contributed by atoms with Gasteiger partial charge in [0.15, 0.2) is 5.78 Å². The fraction of sp³-hybridized carbons (Fsp3) is 0.600. The molecule has 1 amide bonds. The van der Waals surface area contributed by atoms with Crippen molar-refractivity contribution in [2.45, 2.75) is 11.3 Å². The Balaban J connectivity index is 4.40. The number of carbonyl (C=O) groups excluding carboxylic acids is 2. The minimum atomic E-state index is -1.94. The van der Waals surface area contributed by atoms with Crippen LogP contribution in [0.2, 0.25) is 0 Å². The molecule has 0 rings (SSSR count). The van der Waals surface area contributed by atoms with Crippen molar-refractivity contribution in [3.05, 3.63) is 0 Å². The summed E-state index contributed by atoms with van der Waals surface area (Å²) in [6, 6.07) is 0. The minimum Gasteiger partial charge on any atom is -0.356 e. The van der Waals surface area contributed by atoms with Crippen LogP contribution in [0.4, 0.5) is 0 Å². The molecule has 0 radical (unpaired) electrons. The maximum Gasteiger partial charge on any atom is 0.263 e. The number of nitrogens with one attached hydrogen (secondary N) is 1. The van der Waals surface area contributed by atoms with Crippen molar-refractivity contribution < 1.29 is 9.59 Å². The van der Waals surface area contributed by atoms with Gasteiger partial charge < -0.3 is 5.32 Å². The van der Waals surface area contributed by atoms with E-state index in [2.05, 4.69) is 5.32 Å². The smallest absolute Gasteiger partial charge is 0.263 e. The molecule has 0 unspecified atom stereocenters. The van der Waals surface area contributed by atoms with Gasteiger partial charge in [0.2, 0.25) is 0 Å². The molecule has 10 heavy (non-hydrogen) atoms. The molecule has 0 bridgehead atoms. The minimum absolute atomic E-state index is 0.588. The van der Waals surface area contributed by atoms with Gasteiger partial charge in [-0.2, -0.15) is 0 Å². The van der Waals surface area contributed by atoms with Crippen LogP contribution in [0.5, 0.6) is 0 Å². The summed E-state index contributed by atoms with van der Waals surface area (Å²) in [7, 11) is 1.35. The SMILES string of the molecule is CNC(=O)C(Cl)(Cl)C(C)=O. The molecule has 0 saturated carbocycles. The molecule has 0 aliphatic rings. The molecule has 0 aliphatic carbocycles. The molecule has 0 aromatic carbocycles. The van der Waals surface area contributed by atoms with Gasteiger partial charge in [0, 0.05) is 7.05 Å². The van der Waals surface area contributed by atoms with E-state index in [0.717, 1.165) is 6.92 Å². The molecule has 0 aliphatic heterocycles. The molecular weight excluding hydrogens is 177 g/mol. The zero-order valence-electron chi connectivity index (χ0n) is 5.57. The van der Waals surface area contributed by atoms with E-state index in [-0.39, 0.29) is 0 Å². The Morgan fingerprint density at radius 3 is 1.90 bits per heavy atom. The summed E-state index contributed by atoms with van der Waals surface area (Å²) in [5, 5.41) is 2.16. The van der Waals surface area contributed by atoms with Crippen LogP contribution in [0.15, 0.2) is 0 Å². The Hall–Kier alpha value is -0.280. The Bertz CT molecular complexity index is 167. The maximum absolute atomic E-state index is 10.7. The standard InChI is InChI=1S/C5H7Cl2NO2/c1-3(9)5(6,7)4(10)8-2/h1-2H3,(H,8,10). The molecule has 5 heteroatoms. The summed E-state index contributed by atoms with van der Waals surface area (Å²) in [4.78, 5) is 21.2. The first kappa shape index (κ1) is 9.72. The molecule has 0 aromatic heterocycles. The number of amides is 1. The molecule has 0 atom stereocenters. The van der Waals surface area contributed by atoms with Crippen molar-refractivity contribution in [2.75, 3.05) is 7.05 Å². The molecule has 1 N–H and O–H groups in total. The third kappa shape index (κ3) is 1.85. The van der Waals surface area contributed by atoms with E-state index in [1.807, 2.05) is 0 Å². The Morgan fingerprint density at radius 1 is 1.40 bits per heavy atom. The number of rotatable bonds is 2. The van der Waals surface area contributed by atoms with E-state index in [9.17, 15) is 9.59 Å². The number of hydrogen-bond acceptors (Lipinski definition) is 2. The predicted octanol–water partition coefficient (Wildman–Crippen LogP) is 0.495. The zero-order chi connectivity index (χ0) is 8.36. The van der Waals surface area contributed by atoms with E-state index in [1.54, 1.807) is 0 Å². The second-order valence-electron chi connectivity index (χ2n) is 1.71. The first-order valence-corrected chi connectivity index (χ1v) is 3.29. The van der Waals surface area contributed by atoms with Crippen LogP contribution < -0.4 is 5.32 Å². The lowest BCUT2D eigenvalue weighted by atomic mass is 10.3. The quantitative estimate of drug-likeness (QED) is 0.501. The third-order valence-corrected chi connectivity index (χ3v) is 1.83. The highest BCUT2D eigenvalue weighted by molar-refractivity contribution is 6.67. The molecule has 3 nitrogen and oxygen atoms in total. The Labute approximate surface area is 68.7 Å². The lowest BCUT2D eigenvalue weighted by Gasteiger charge is -2.12. The van der Waals surface area contributed by atoms with Gasteiger partial charge in [0.1, 0.15) is 0 Å². The number of ketones is 1. The van der Waals surface area contributed by atoms with E-state index >= 15 is 0 Å². The van der Waals surface area contributed by atoms with Gasteiger partial charge in [-0.15, -0.1) is 0 Å². The topological polar surface area (TPSA) is 46.2 Å². The van der Waals surface area contributed by atoms with Gasteiger partial charge in [-0.05, 0) is 6.92 Å². The van der Waals surface area contributed by atoms with Gasteiger partial charge in [-0.1, -0.05) is 23.2 Å². The average molecular weight is 184 g/mol. The molecule has 0 saturated heterocycles. The van der Waals surface area contributed by atoms with Crippen molar-refractivity contribution in [1.29, 1.82) is 0 Å². The predicted molar refractivity (Wildman–Crippen MR) is 39.2 cm³/mol. The van der Waals surface area contributed by atoms with Crippen molar-refractivity contribution >= 4 is 34.9 Å². The van der Waals surface area contributed by atoms with Crippen LogP contribution in [-0.4, -0.2) is 23.1 Å². The van der Waals surface area contributed by atoms with Crippen LogP contribution in [0.25, 0.3) is 0 Å². The van der Waals surface area contributed by atoms with Crippen molar-refractivity contribution in [1.82, 2.24) is 5.32 Å². The third-order valence-electron chi connectivity index (χ3n) is 0.954. The van der Waals surface area contributed by atoms with E-state index in [1.165, 1.54) is 7.05 Å². The maximum atomic E-state index is 10.7. The molecule has 58 valence electrons. The fourth-order valence-corrected chi connectivity index (χ4v) is 0.506. The first-order chi connectivity index (χ1) is 4.42. The van der Waals surface area contributed by atoms with Crippen LogP contribution in [0.1, 0.15) is 6.92 Å². The number of Topliss-reactive ketones (excluding diaryl/α,β-unsaturated/α-hetero) is 1. The summed E-state index contributed by atoms with van der Waals surface area (Å²) < 4.78 is -1.94. The lowest BCUT2D eigenvalue weighted by molar-refractivity contribution is -0.127. The summed E-state index contributed by atoms with van der Waals surface area (Å²) in [6.45, 7) is 1.15. The molecule has 0 aromatic rings.